The monoisotopic (exact) mass is 638 g/mol. The van der Waals surface area contributed by atoms with Crippen LogP contribution in [0.25, 0.3) is 10.2 Å². The summed E-state index contributed by atoms with van der Waals surface area (Å²) >= 11 is 1.50. The van der Waals surface area contributed by atoms with E-state index in [0.717, 1.165) is 85.9 Å². The van der Waals surface area contributed by atoms with Crippen molar-refractivity contribution < 1.29 is 4.79 Å². The Morgan fingerprint density at radius 2 is 1.91 bits per heavy atom. The third-order valence-electron chi connectivity index (χ3n) is 7.70. The molecule has 0 amide bonds. The number of thiophene rings is 1. The number of rotatable bonds is 6. The van der Waals surface area contributed by atoms with Crippen molar-refractivity contribution in [2.24, 2.45) is 16.3 Å². The van der Waals surface area contributed by atoms with Crippen LogP contribution in [-0.4, -0.2) is 68.4 Å². The average Bonchev–Trinajstić information content (AvgIpc) is 3.31. The van der Waals surface area contributed by atoms with Crippen molar-refractivity contribution in [2.45, 2.75) is 87.5 Å². The Kier molecular flexibility index (Phi) is 20.2. The number of aryl methyl sites for hydroxylation is 1. The summed E-state index contributed by atoms with van der Waals surface area (Å²) in [6, 6.07) is 4.24. The lowest BCUT2D eigenvalue weighted by Crippen LogP contribution is -2.50. The number of hydrogen-bond acceptors (Lipinski definition) is 6. The Morgan fingerprint density at radius 1 is 1.22 bits per heavy atom. The van der Waals surface area contributed by atoms with Crippen LogP contribution in [0.5, 0.6) is 0 Å². The molecule has 0 radical (unpaired) electrons. The highest BCUT2D eigenvalue weighted by molar-refractivity contribution is 7.20. The molecule has 1 aliphatic carbocycles. The van der Waals surface area contributed by atoms with Crippen molar-refractivity contribution in [2.75, 3.05) is 46.3 Å². The van der Waals surface area contributed by atoms with E-state index in [1.807, 2.05) is 32.2 Å². The number of piperazine rings is 1. The van der Waals surface area contributed by atoms with E-state index in [-0.39, 0.29) is 0 Å². The highest BCUT2D eigenvalue weighted by atomic mass is 32.1. The molecule has 1 saturated heterocycles. The second kappa shape index (κ2) is 22.7. The van der Waals surface area contributed by atoms with Gasteiger partial charge in [-0.2, -0.15) is 0 Å². The summed E-state index contributed by atoms with van der Waals surface area (Å²) in [6.07, 6.45) is 14.4. The second-order valence-corrected chi connectivity index (χ2v) is 13.4. The Labute approximate surface area is 278 Å². The van der Waals surface area contributed by atoms with Gasteiger partial charge in [-0.05, 0) is 95.5 Å². The van der Waals surface area contributed by atoms with Crippen molar-refractivity contribution in [1.82, 2.24) is 25.8 Å². The molecule has 3 heterocycles. The normalized spacial score (nSPS) is 17.1. The molecule has 1 unspecified atom stereocenters. The number of aldehydes is 1. The van der Waals surface area contributed by atoms with Gasteiger partial charge in [0.15, 0.2) is 12.2 Å². The van der Waals surface area contributed by atoms with E-state index in [2.05, 4.69) is 93.0 Å². The molecule has 0 bridgehead atoms. The minimum atomic E-state index is 0.346. The van der Waals surface area contributed by atoms with Gasteiger partial charge < -0.3 is 20.9 Å². The first kappa shape index (κ1) is 40.2. The summed E-state index contributed by atoms with van der Waals surface area (Å²) in [5, 5.41) is 10.8. The first-order valence-electron chi connectivity index (χ1n) is 16.8. The van der Waals surface area contributed by atoms with Gasteiger partial charge in [-0.25, -0.2) is 4.98 Å². The van der Waals surface area contributed by atoms with Crippen LogP contribution in [0, 0.1) is 11.3 Å². The van der Waals surface area contributed by atoms with Gasteiger partial charge in [0.25, 0.3) is 0 Å². The molecule has 4 rings (SSSR count). The number of hydrogen-bond donors (Lipinski definition) is 3. The topological polar surface area (TPSA) is 81.7 Å². The Morgan fingerprint density at radius 3 is 2.42 bits per heavy atom. The molecule has 0 aromatic carbocycles. The van der Waals surface area contributed by atoms with Crippen molar-refractivity contribution in [3.63, 3.8) is 0 Å². The second-order valence-electron chi connectivity index (χ2n) is 12.3. The van der Waals surface area contributed by atoms with Gasteiger partial charge >= 0.3 is 0 Å². The number of nitrogens with one attached hydrogen (secondary N) is 3. The van der Waals surface area contributed by atoms with E-state index in [0.29, 0.717) is 11.3 Å². The van der Waals surface area contributed by atoms with Crippen LogP contribution in [-0.2, 0) is 12.8 Å². The number of pyridine rings is 1. The number of carbonyl (C=O) groups excluding carboxylic acids is 1. The summed E-state index contributed by atoms with van der Waals surface area (Å²) in [5.41, 5.74) is 4.18. The van der Waals surface area contributed by atoms with Crippen LogP contribution in [0.1, 0.15) is 95.6 Å². The largest absolute Gasteiger partial charge is 0.340 e. The molecule has 2 aromatic heterocycles. The lowest BCUT2D eigenvalue weighted by molar-refractivity contribution is 0.112. The van der Waals surface area contributed by atoms with E-state index in [4.69, 9.17) is 4.98 Å². The smallest absolute Gasteiger partial charge is 0.198 e. The van der Waals surface area contributed by atoms with Gasteiger partial charge in [-0.15, -0.1) is 11.3 Å². The molecule has 2 aliphatic rings. The van der Waals surface area contributed by atoms with Crippen molar-refractivity contribution in [1.29, 1.82) is 0 Å². The molecule has 0 spiro atoms. The maximum Gasteiger partial charge on any atom is 0.198 e. The molecule has 1 fully saturated rings. The van der Waals surface area contributed by atoms with Gasteiger partial charge in [0.05, 0.1) is 4.88 Å². The molecule has 1 atom stereocenters. The predicted molar refractivity (Wildman–Crippen MR) is 199 cm³/mol. The lowest BCUT2D eigenvalue weighted by atomic mass is 9.76. The molecule has 45 heavy (non-hydrogen) atoms. The number of nitrogens with zero attached hydrogens (tertiary/aromatic N) is 3. The zero-order valence-corrected chi connectivity index (χ0v) is 30.6. The average molecular weight is 639 g/mol. The first-order valence-corrected chi connectivity index (χ1v) is 17.6. The molecule has 0 saturated carbocycles. The van der Waals surface area contributed by atoms with Gasteiger partial charge in [0.1, 0.15) is 4.83 Å². The summed E-state index contributed by atoms with van der Waals surface area (Å²) in [7, 11) is 1.93. The van der Waals surface area contributed by atoms with E-state index < -0.39 is 0 Å². The molecule has 8 heteroatoms. The Hall–Kier alpha value is -2.81. The van der Waals surface area contributed by atoms with Gasteiger partial charge in [-0.3, -0.25) is 9.79 Å². The molecule has 252 valence electrons. The first-order chi connectivity index (χ1) is 21.6. The third kappa shape index (κ3) is 15.4. The standard InChI is InChI=1S/C17H21NOS.C12H24N4.C5H8.C3H9N/c1-17(2,3)13-5-4-6-15-11(8-13)7-12-9-14(10-19)20-16(12)18-15;1-4-6-11(3)15-12(14-5-2)16-9-7-13-8-10-16;1-3-5-4-2;1-3-4-2/h7,9-10,13H,4-6,8H2,1-3H3;6,13H,4-5,7-10H2,1-3H3,(H,14,15);3-5H,1H2,2H3;4H,3H2,1-2H3/b;11-6+;5-4-;. The van der Waals surface area contributed by atoms with Gasteiger partial charge in [-0.1, -0.05) is 65.5 Å². The molecule has 1 aliphatic heterocycles. The highest BCUT2D eigenvalue weighted by Gasteiger charge is 2.28. The summed E-state index contributed by atoms with van der Waals surface area (Å²) < 4.78 is 0. The molecule has 3 N–H and O–H groups in total. The highest BCUT2D eigenvalue weighted by Crippen LogP contribution is 2.37. The molecule has 7 nitrogen and oxygen atoms in total. The van der Waals surface area contributed by atoms with Crippen LogP contribution >= 0.6 is 11.3 Å². The van der Waals surface area contributed by atoms with Crippen molar-refractivity contribution in [3.05, 3.63) is 64.8 Å². The van der Waals surface area contributed by atoms with Gasteiger partial charge in [0.2, 0.25) is 0 Å². The van der Waals surface area contributed by atoms with Crippen molar-refractivity contribution in [3.8, 4) is 0 Å². The SMILES string of the molecule is C=C/C=C\C.CC(C)(C)C1CCCc2nc3sc(C=O)cc3cc2C1.CC/C=C(\C)NC(=NCC)N1CCNCC1.CCNC. The van der Waals surface area contributed by atoms with Crippen LogP contribution in [0.15, 0.2) is 53.7 Å². The molecular weight excluding hydrogens is 577 g/mol. The van der Waals surface area contributed by atoms with Crippen LogP contribution < -0.4 is 16.0 Å². The fourth-order valence-electron chi connectivity index (χ4n) is 5.06. The maximum absolute atomic E-state index is 10.9. The van der Waals surface area contributed by atoms with Crippen LogP contribution in [0.4, 0.5) is 0 Å². The lowest BCUT2D eigenvalue weighted by Gasteiger charge is -2.30. The summed E-state index contributed by atoms with van der Waals surface area (Å²) in [4.78, 5) is 24.4. The molecular formula is C37H62N6OS. The number of aromatic nitrogens is 1. The van der Waals surface area contributed by atoms with Crippen LogP contribution in [0.3, 0.4) is 0 Å². The fraction of sp³-hybridized carbons (Fsp3) is 0.595. The van der Waals surface area contributed by atoms with Crippen molar-refractivity contribution >= 4 is 33.8 Å². The van der Waals surface area contributed by atoms with E-state index in [1.165, 1.54) is 41.1 Å². The van der Waals surface area contributed by atoms with Crippen LogP contribution in [0.2, 0.25) is 0 Å². The number of guanidine groups is 1. The number of aliphatic imine (C=N–C) groups is 1. The minimum absolute atomic E-state index is 0.346. The summed E-state index contributed by atoms with van der Waals surface area (Å²) in [5.74, 6) is 1.73. The number of allylic oxidation sites excluding steroid dienone is 5. The number of fused-ring (bicyclic) bond motifs is 2. The zero-order chi connectivity index (χ0) is 33.7. The van der Waals surface area contributed by atoms with E-state index in [9.17, 15) is 4.79 Å². The van der Waals surface area contributed by atoms with Gasteiger partial charge in [0, 0.05) is 49.5 Å². The zero-order valence-electron chi connectivity index (χ0n) is 29.8. The summed E-state index contributed by atoms with van der Waals surface area (Å²) in [6.45, 7) is 26.9. The van der Waals surface area contributed by atoms with E-state index >= 15 is 0 Å². The Balaban J connectivity index is 0.000000361. The Bertz CT molecular complexity index is 1220. The quantitative estimate of drug-likeness (QED) is 0.0985. The predicted octanol–water partition coefficient (Wildman–Crippen LogP) is 7.80. The number of carbonyl (C=O) groups is 1. The fourth-order valence-corrected chi connectivity index (χ4v) is 5.91. The van der Waals surface area contributed by atoms with E-state index in [1.54, 1.807) is 6.08 Å². The molecule has 2 aromatic rings. The maximum atomic E-state index is 10.9. The minimum Gasteiger partial charge on any atom is -0.340 e. The third-order valence-corrected chi connectivity index (χ3v) is 8.67.